The largest absolute Gasteiger partial charge is 0.505 e. The van der Waals surface area contributed by atoms with E-state index in [1.807, 2.05) is 0 Å². The lowest BCUT2D eigenvalue weighted by atomic mass is 10.1. The molecule has 8 nitrogen and oxygen atoms in total. The van der Waals surface area contributed by atoms with Gasteiger partial charge >= 0.3 is 5.97 Å². The molecule has 0 saturated heterocycles. The average molecular weight is 304 g/mol. The maximum Gasteiger partial charge on any atom is 0.328 e. The molecular weight excluding hydrogens is 288 g/mol. The van der Waals surface area contributed by atoms with E-state index in [4.69, 9.17) is 0 Å². The fourth-order valence-corrected chi connectivity index (χ4v) is 1.90. The highest BCUT2D eigenvalue weighted by molar-refractivity contribution is 5.88. The van der Waals surface area contributed by atoms with Gasteiger partial charge in [0.15, 0.2) is 6.04 Å². The van der Waals surface area contributed by atoms with Gasteiger partial charge < -0.3 is 20.3 Å². The van der Waals surface area contributed by atoms with Crippen molar-refractivity contribution in [3.63, 3.8) is 0 Å². The number of aliphatic imine (C=N–C) groups is 1. The molecule has 0 aliphatic rings. The van der Waals surface area contributed by atoms with Crippen molar-refractivity contribution in [1.29, 1.82) is 0 Å². The number of aryl methyl sites for hydroxylation is 1. The zero-order chi connectivity index (χ0) is 16.1. The predicted molar refractivity (Wildman–Crippen MR) is 77.9 cm³/mol. The molecule has 0 fully saturated rings. The standard InChI is InChI=1S/C14H16N4O4/c1-8-13(20)11(9(6-19)3-16-8)5-17-12(14(21)22)2-10-4-15-7-18-10/h3-5,7,12,19-20H,2,6H2,1H3,(H,15,18)(H,21,22)/t12-/m0/s1. The highest BCUT2D eigenvalue weighted by atomic mass is 16.4. The van der Waals surface area contributed by atoms with Gasteiger partial charge in [-0.2, -0.15) is 0 Å². The Morgan fingerprint density at radius 3 is 2.86 bits per heavy atom. The third-order valence-corrected chi connectivity index (χ3v) is 3.16. The number of nitrogens with zero attached hydrogens (tertiary/aromatic N) is 3. The number of nitrogens with one attached hydrogen (secondary N) is 1. The van der Waals surface area contributed by atoms with Gasteiger partial charge in [-0.1, -0.05) is 0 Å². The molecule has 4 N–H and O–H groups in total. The molecule has 2 aromatic rings. The molecule has 0 aromatic carbocycles. The molecule has 2 heterocycles. The summed E-state index contributed by atoms with van der Waals surface area (Å²) in [4.78, 5) is 25.9. The SMILES string of the molecule is Cc1ncc(CO)c(C=N[C@@H](Cc2cnc[nH]2)C(=O)O)c1O. The second-order valence-corrected chi connectivity index (χ2v) is 4.70. The van der Waals surface area contributed by atoms with Crippen LogP contribution in [0.2, 0.25) is 0 Å². The van der Waals surface area contributed by atoms with Crippen molar-refractivity contribution in [3.05, 3.63) is 41.2 Å². The Morgan fingerprint density at radius 1 is 1.50 bits per heavy atom. The number of imidazole rings is 1. The van der Waals surface area contributed by atoms with Crippen LogP contribution in [0.4, 0.5) is 0 Å². The molecule has 2 aromatic heterocycles. The molecule has 1 atom stereocenters. The zero-order valence-electron chi connectivity index (χ0n) is 11.9. The number of carboxylic acid groups (broad SMARTS) is 1. The summed E-state index contributed by atoms with van der Waals surface area (Å²) in [6, 6.07) is -1.03. The summed E-state index contributed by atoms with van der Waals surface area (Å²) in [5.74, 6) is -1.22. The molecule has 116 valence electrons. The number of aromatic hydroxyl groups is 1. The monoisotopic (exact) mass is 304 g/mol. The van der Waals surface area contributed by atoms with Gasteiger partial charge in [0.25, 0.3) is 0 Å². The fraction of sp³-hybridized carbons (Fsp3) is 0.286. The van der Waals surface area contributed by atoms with E-state index in [1.54, 1.807) is 6.92 Å². The van der Waals surface area contributed by atoms with Crippen LogP contribution < -0.4 is 0 Å². The molecule has 22 heavy (non-hydrogen) atoms. The van der Waals surface area contributed by atoms with Crippen molar-refractivity contribution in [2.75, 3.05) is 0 Å². The smallest absolute Gasteiger partial charge is 0.328 e. The van der Waals surface area contributed by atoms with Crippen molar-refractivity contribution in [1.82, 2.24) is 15.0 Å². The summed E-state index contributed by atoms with van der Waals surface area (Å²) in [7, 11) is 0. The first-order valence-electron chi connectivity index (χ1n) is 6.54. The number of carboxylic acids is 1. The number of pyridine rings is 1. The molecule has 0 amide bonds. The van der Waals surface area contributed by atoms with Gasteiger partial charge in [0.1, 0.15) is 5.75 Å². The number of hydrogen-bond donors (Lipinski definition) is 4. The fourth-order valence-electron chi connectivity index (χ4n) is 1.90. The predicted octanol–water partition coefficient (Wildman–Crippen LogP) is 0.426. The highest BCUT2D eigenvalue weighted by Gasteiger charge is 2.18. The lowest BCUT2D eigenvalue weighted by Gasteiger charge is -2.09. The maximum absolute atomic E-state index is 11.3. The van der Waals surface area contributed by atoms with Crippen molar-refractivity contribution in [2.45, 2.75) is 26.0 Å². The molecule has 2 rings (SSSR count). The number of carbonyl (C=O) groups is 1. The lowest BCUT2D eigenvalue weighted by molar-refractivity contribution is -0.138. The number of hydrogen-bond acceptors (Lipinski definition) is 6. The second-order valence-electron chi connectivity index (χ2n) is 4.70. The Bertz CT molecular complexity index is 682. The summed E-state index contributed by atoms with van der Waals surface area (Å²) >= 11 is 0. The van der Waals surface area contributed by atoms with E-state index >= 15 is 0 Å². The number of aliphatic hydroxyl groups is 1. The van der Waals surface area contributed by atoms with Crippen molar-refractivity contribution < 1.29 is 20.1 Å². The Kier molecular flexibility index (Phi) is 4.84. The third-order valence-electron chi connectivity index (χ3n) is 3.16. The van der Waals surface area contributed by atoms with E-state index < -0.39 is 12.0 Å². The van der Waals surface area contributed by atoms with E-state index in [0.29, 0.717) is 17.0 Å². The van der Waals surface area contributed by atoms with E-state index in [2.05, 4.69) is 19.9 Å². The Morgan fingerprint density at radius 2 is 2.27 bits per heavy atom. The summed E-state index contributed by atoms with van der Waals surface area (Å²) in [5.41, 5.74) is 1.66. The molecular formula is C14H16N4O4. The second kappa shape index (κ2) is 6.81. The van der Waals surface area contributed by atoms with E-state index in [0.717, 1.165) is 0 Å². The van der Waals surface area contributed by atoms with Crippen LogP contribution >= 0.6 is 0 Å². The van der Waals surface area contributed by atoms with Crippen LogP contribution in [0.15, 0.2) is 23.7 Å². The van der Waals surface area contributed by atoms with Crippen LogP contribution in [0, 0.1) is 6.92 Å². The normalized spacial score (nSPS) is 12.6. The topological polar surface area (TPSA) is 132 Å². The molecule has 0 saturated carbocycles. The van der Waals surface area contributed by atoms with Crippen LogP contribution in [0.1, 0.15) is 22.5 Å². The quantitative estimate of drug-likeness (QED) is 0.572. The van der Waals surface area contributed by atoms with Gasteiger partial charge in [-0.05, 0) is 6.92 Å². The molecule has 0 unspecified atom stereocenters. The van der Waals surface area contributed by atoms with E-state index in [1.165, 1.54) is 24.9 Å². The molecule has 0 spiro atoms. The van der Waals surface area contributed by atoms with Crippen LogP contribution in [0.25, 0.3) is 0 Å². The molecule has 0 radical (unpaired) electrons. The average Bonchev–Trinajstić information content (AvgIpc) is 3.00. The van der Waals surface area contributed by atoms with Gasteiger partial charge in [0.2, 0.25) is 0 Å². The molecule has 0 aliphatic heterocycles. The minimum Gasteiger partial charge on any atom is -0.505 e. The summed E-state index contributed by atoms with van der Waals surface area (Å²) in [6.45, 7) is 1.27. The summed E-state index contributed by atoms with van der Waals surface area (Å²) < 4.78 is 0. The molecule has 0 aliphatic carbocycles. The van der Waals surface area contributed by atoms with Gasteiger partial charge in [-0.25, -0.2) is 9.78 Å². The zero-order valence-corrected chi connectivity index (χ0v) is 11.9. The van der Waals surface area contributed by atoms with Crippen LogP contribution in [-0.2, 0) is 17.8 Å². The van der Waals surface area contributed by atoms with E-state index in [9.17, 15) is 20.1 Å². The molecule has 8 heteroatoms. The first-order valence-corrected chi connectivity index (χ1v) is 6.54. The van der Waals surface area contributed by atoms with Gasteiger partial charge in [0, 0.05) is 41.8 Å². The molecule has 0 bridgehead atoms. The number of aromatic nitrogens is 3. The summed E-state index contributed by atoms with van der Waals surface area (Å²) in [5, 5.41) is 28.5. The number of aliphatic hydroxyl groups excluding tert-OH is 1. The van der Waals surface area contributed by atoms with Gasteiger partial charge in [0.05, 0.1) is 18.6 Å². The summed E-state index contributed by atoms with van der Waals surface area (Å²) in [6.07, 6.45) is 5.80. The third kappa shape index (κ3) is 3.47. The maximum atomic E-state index is 11.3. The number of rotatable bonds is 6. The first-order chi connectivity index (χ1) is 10.5. The Labute approximate surface area is 126 Å². The van der Waals surface area contributed by atoms with Crippen molar-refractivity contribution in [3.8, 4) is 5.75 Å². The van der Waals surface area contributed by atoms with E-state index in [-0.39, 0.29) is 24.3 Å². The van der Waals surface area contributed by atoms with Crippen LogP contribution in [0.3, 0.4) is 0 Å². The van der Waals surface area contributed by atoms with Crippen LogP contribution in [0.5, 0.6) is 5.75 Å². The van der Waals surface area contributed by atoms with Crippen molar-refractivity contribution >= 4 is 12.2 Å². The minimum atomic E-state index is -1.10. The lowest BCUT2D eigenvalue weighted by Crippen LogP contribution is -2.21. The number of aromatic amines is 1. The number of aliphatic carboxylic acids is 1. The number of H-pyrrole nitrogens is 1. The van der Waals surface area contributed by atoms with Crippen molar-refractivity contribution in [2.24, 2.45) is 4.99 Å². The van der Waals surface area contributed by atoms with Gasteiger partial charge in [-0.15, -0.1) is 0 Å². The highest BCUT2D eigenvalue weighted by Crippen LogP contribution is 2.22. The minimum absolute atomic E-state index is 0.124. The Hall–Kier alpha value is -2.74. The Balaban J connectivity index is 2.28. The van der Waals surface area contributed by atoms with Crippen LogP contribution in [-0.4, -0.2) is 48.5 Å². The van der Waals surface area contributed by atoms with Gasteiger partial charge in [-0.3, -0.25) is 9.98 Å². The first kappa shape index (κ1) is 15.6.